The smallest absolute Gasteiger partial charge is 0.272 e. The molecule has 116 valence electrons. The Balaban J connectivity index is 2.33. The molecule has 1 N–H and O–H groups in total. The molecule has 0 aromatic heterocycles. The lowest BCUT2D eigenvalue weighted by Crippen LogP contribution is -2.29. The number of aryl methyl sites for hydroxylation is 1. The van der Waals surface area contributed by atoms with Crippen molar-refractivity contribution in [1.82, 2.24) is 5.32 Å². The number of hydrogen-bond donors (Lipinski definition) is 1. The molecule has 1 aromatic rings. The maximum absolute atomic E-state index is 11.6. The van der Waals surface area contributed by atoms with E-state index < -0.39 is 4.92 Å². The van der Waals surface area contributed by atoms with Crippen LogP contribution in [0.25, 0.3) is 0 Å². The monoisotopic (exact) mass is 294 g/mol. The van der Waals surface area contributed by atoms with Crippen LogP contribution in [-0.4, -0.2) is 24.0 Å². The first-order valence-electron chi connectivity index (χ1n) is 7.19. The molecule has 0 atom stereocenters. The van der Waals surface area contributed by atoms with Gasteiger partial charge in [-0.1, -0.05) is 26.2 Å². The van der Waals surface area contributed by atoms with Crippen molar-refractivity contribution in [3.05, 3.63) is 33.9 Å². The minimum atomic E-state index is -0.442. The van der Waals surface area contributed by atoms with Gasteiger partial charge in [-0.2, -0.15) is 0 Å². The van der Waals surface area contributed by atoms with Crippen LogP contribution in [0.1, 0.15) is 38.2 Å². The van der Waals surface area contributed by atoms with Crippen LogP contribution in [0.4, 0.5) is 5.69 Å². The number of nitrogens with one attached hydrogen (secondary N) is 1. The highest BCUT2D eigenvalue weighted by Crippen LogP contribution is 2.22. The molecule has 1 aromatic carbocycles. The summed E-state index contributed by atoms with van der Waals surface area (Å²) in [5.74, 6) is 0.279. The van der Waals surface area contributed by atoms with E-state index in [9.17, 15) is 14.9 Å². The van der Waals surface area contributed by atoms with E-state index in [-0.39, 0.29) is 18.2 Å². The number of benzene rings is 1. The second kappa shape index (κ2) is 8.94. The third-order valence-electron chi connectivity index (χ3n) is 3.09. The Kier molecular flexibility index (Phi) is 7.21. The van der Waals surface area contributed by atoms with E-state index in [1.165, 1.54) is 18.6 Å². The summed E-state index contributed by atoms with van der Waals surface area (Å²) in [5.41, 5.74) is 0.556. The second-order valence-corrected chi connectivity index (χ2v) is 4.90. The first-order valence-corrected chi connectivity index (χ1v) is 7.19. The van der Waals surface area contributed by atoms with Crippen LogP contribution in [0.15, 0.2) is 18.2 Å². The van der Waals surface area contributed by atoms with Crippen LogP contribution in [0.3, 0.4) is 0 Å². The lowest BCUT2D eigenvalue weighted by molar-refractivity contribution is -0.385. The van der Waals surface area contributed by atoms with Gasteiger partial charge in [-0.25, -0.2) is 0 Å². The predicted molar refractivity (Wildman–Crippen MR) is 80.5 cm³/mol. The van der Waals surface area contributed by atoms with Gasteiger partial charge in [0.1, 0.15) is 5.75 Å². The van der Waals surface area contributed by atoms with E-state index in [4.69, 9.17) is 4.74 Å². The maximum atomic E-state index is 11.6. The number of unbranched alkanes of at least 4 members (excludes halogenated alkanes) is 3. The van der Waals surface area contributed by atoms with Crippen molar-refractivity contribution in [3.63, 3.8) is 0 Å². The lowest BCUT2D eigenvalue weighted by Gasteiger charge is -2.08. The molecule has 0 aliphatic rings. The quantitative estimate of drug-likeness (QED) is 0.431. The normalized spacial score (nSPS) is 10.2. The van der Waals surface area contributed by atoms with Crippen molar-refractivity contribution in [2.75, 3.05) is 13.2 Å². The summed E-state index contributed by atoms with van der Waals surface area (Å²) in [6, 6.07) is 4.44. The molecule has 1 amide bonds. The molecule has 0 radical (unpaired) electrons. The average Bonchev–Trinajstić information content (AvgIpc) is 2.44. The number of amides is 1. The average molecular weight is 294 g/mol. The molecular formula is C15H22N2O4. The van der Waals surface area contributed by atoms with Crippen molar-refractivity contribution in [3.8, 4) is 5.75 Å². The Morgan fingerprint density at radius 1 is 1.33 bits per heavy atom. The first kappa shape index (κ1) is 16.9. The highest BCUT2D eigenvalue weighted by molar-refractivity contribution is 5.77. The van der Waals surface area contributed by atoms with Crippen molar-refractivity contribution in [2.45, 2.75) is 39.5 Å². The molecule has 0 spiro atoms. The Labute approximate surface area is 124 Å². The van der Waals surface area contributed by atoms with Crippen LogP contribution >= 0.6 is 0 Å². The van der Waals surface area contributed by atoms with Crippen LogP contribution in [-0.2, 0) is 4.79 Å². The Bertz CT molecular complexity index is 489. The predicted octanol–water partition coefficient (Wildman–Crippen LogP) is 2.98. The zero-order valence-corrected chi connectivity index (χ0v) is 12.6. The van der Waals surface area contributed by atoms with Crippen molar-refractivity contribution in [1.29, 1.82) is 0 Å². The summed E-state index contributed by atoms with van der Waals surface area (Å²) in [7, 11) is 0. The number of hydrogen-bond acceptors (Lipinski definition) is 4. The second-order valence-electron chi connectivity index (χ2n) is 4.90. The molecule has 0 aliphatic carbocycles. The summed E-state index contributed by atoms with van der Waals surface area (Å²) in [4.78, 5) is 21.8. The zero-order valence-electron chi connectivity index (χ0n) is 12.6. The van der Waals surface area contributed by atoms with Gasteiger partial charge in [0.2, 0.25) is 0 Å². The summed E-state index contributed by atoms with van der Waals surface area (Å²) in [6.45, 7) is 4.35. The van der Waals surface area contributed by atoms with Gasteiger partial charge >= 0.3 is 0 Å². The number of nitro groups is 1. The molecular weight excluding hydrogens is 272 g/mol. The van der Waals surface area contributed by atoms with Gasteiger partial charge in [-0.15, -0.1) is 0 Å². The number of nitrogens with zero attached hydrogens (tertiary/aromatic N) is 1. The van der Waals surface area contributed by atoms with E-state index >= 15 is 0 Å². The highest BCUT2D eigenvalue weighted by atomic mass is 16.6. The highest BCUT2D eigenvalue weighted by Gasteiger charge is 2.11. The minimum Gasteiger partial charge on any atom is -0.484 e. The van der Waals surface area contributed by atoms with Gasteiger partial charge in [-0.05, 0) is 25.5 Å². The van der Waals surface area contributed by atoms with Crippen molar-refractivity contribution >= 4 is 11.6 Å². The van der Waals surface area contributed by atoms with Gasteiger partial charge in [0.05, 0.1) is 4.92 Å². The topological polar surface area (TPSA) is 81.5 Å². The fourth-order valence-corrected chi connectivity index (χ4v) is 1.90. The molecule has 0 saturated carbocycles. The van der Waals surface area contributed by atoms with Gasteiger partial charge in [0.25, 0.3) is 11.6 Å². The molecule has 0 bridgehead atoms. The molecule has 0 unspecified atom stereocenters. The van der Waals surface area contributed by atoms with Gasteiger partial charge in [0.15, 0.2) is 6.61 Å². The fraction of sp³-hybridized carbons (Fsp3) is 0.533. The summed E-state index contributed by atoms with van der Waals surface area (Å²) in [6.07, 6.45) is 4.42. The van der Waals surface area contributed by atoms with E-state index in [2.05, 4.69) is 12.2 Å². The molecule has 0 fully saturated rings. The van der Waals surface area contributed by atoms with Crippen molar-refractivity contribution in [2.24, 2.45) is 0 Å². The maximum Gasteiger partial charge on any atom is 0.272 e. The molecule has 6 heteroatoms. The van der Waals surface area contributed by atoms with Crippen LogP contribution in [0.5, 0.6) is 5.75 Å². The number of ether oxygens (including phenoxy) is 1. The van der Waals surface area contributed by atoms with Crippen LogP contribution in [0, 0.1) is 17.0 Å². The molecule has 0 aliphatic heterocycles. The summed E-state index contributed by atoms with van der Waals surface area (Å²) < 4.78 is 5.33. The number of nitro benzene ring substituents is 1. The Morgan fingerprint density at radius 3 is 2.71 bits per heavy atom. The molecule has 1 rings (SSSR count). The first-order chi connectivity index (χ1) is 10.0. The van der Waals surface area contributed by atoms with Crippen LogP contribution < -0.4 is 10.1 Å². The van der Waals surface area contributed by atoms with Crippen molar-refractivity contribution < 1.29 is 14.5 Å². The standard InChI is InChI=1S/C15H22N2O4/c1-3-4-5-6-9-16-15(18)11-21-13-7-8-14(17(19)20)12(2)10-13/h7-8,10H,3-6,9,11H2,1-2H3,(H,16,18). The van der Waals surface area contributed by atoms with Gasteiger partial charge in [-0.3, -0.25) is 14.9 Å². The van der Waals surface area contributed by atoms with E-state index in [0.29, 0.717) is 17.9 Å². The lowest BCUT2D eigenvalue weighted by atomic mass is 10.2. The van der Waals surface area contributed by atoms with E-state index in [1.54, 1.807) is 13.0 Å². The summed E-state index contributed by atoms with van der Waals surface area (Å²) >= 11 is 0. The SMILES string of the molecule is CCCCCCNC(=O)COc1ccc([N+](=O)[O-])c(C)c1. The molecule has 0 saturated heterocycles. The molecule has 0 heterocycles. The molecule has 6 nitrogen and oxygen atoms in total. The number of carbonyl (C=O) groups excluding carboxylic acids is 1. The largest absolute Gasteiger partial charge is 0.484 e. The molecule has 21 heavy (non-hydrogen) atoms. The Hall–Kier alpha value is -2.11. The minimum absolute atomic E-state index is 0.0442. The zero-order chi connectivity index (χ0) is 15.7. The van der Waals surface area contributed by atoms with E-state index in [0.717, 1.165) is 19.3 Å². The van der Waals surface area contributed by atoms with Gasteiger partial charge < -0.3 is 10.1 Å². The van der Waals surface area contributed by atoms with E-state index in [1.807, 2.05) is 0 Å². The number of rotatable bonds is 9. The number of carbonyl (C=O) groups is 1. The van der Waals surface area contributed by atoms with Gasteiger partial charge in [0, 0.05) is 18.2 Å². The fourth-order valence-electron chi connectivity index (χ4n) is 1.90. The Morgan fingerprint density at radius 2 is 2.10 bits per heavy atom. The summed E-state index contributed by atoms with van der Waals surface area (Å²) in [5, 5.41) is 13.5. The van der Waals surface area contributed by atoms with Crippen LogP contribution in [0.2, 0.25) is 0 Å². The third kappa shape index (κ3) is 6.25. The third-order valence-corrected chi connectivity index (χ3v) is 3.09.